The van der Waals surface area contributed by atoms with E-state index in [0.29, 0.717) is 6.42 Å². The van der Waals surface area contributed by atoms with Gasteiger partial charge < -0.3 is 10.2 Å². The van der Waals surface area contributed by atoms with Crippen LogP contribution in [0.3, 0.4) is 0 Å². The summed E-state index contributed by atoms with van der Waals surface area (Å²) < 4.78 is 0. The van der Waals surface area contributed by atoms with Crippen LogP contribution in [-0.4, -0.2) is 22.2 Å². The van der Waals surface area contributed by atoms with Crippen LogP contribution in [0.5, 0.6) is 0 Å². The van der Waals surface area contributed by atoms with Gasteiger partial charge in [0.25, 0.3) is 0 Å². The minimum atomic E-state index is -0.711. The Labute approximate surface area is 187 Å². The van der Waals surface area contributed by atoms with Gasteiger partial charge in [-0.2, -0.15) is 0 Å². The van der Waals surface area contributed by atoms with Gasteiger partial charge in [0.1, 0.15) is 0 Å². The second-order valence-electron chi connectivity index (χ2n) is 8.83. The molecule has 30 heavy (non-hydrogen) atoms. The molecule has 180 valence electrons. The van der Waals surface area contributed by atoms with Crippen LogP contribution in [-0.2, 0) is 9.59 Å². The highest BCUT2D eigenvalue weighted by Crippen LogP contribution is 2.35. The molecule has 0 aliphatic heterocycles. The van der Waals surface area contributed by atoms with Gasteiger partial charge in [-0.05, 0) is 25.7 Å². The lowest BCUT2D eigenvalue weighted by Crippen LogP contribution is -2.30. The van der Waals surface area contributed by atoms with Crippen LogP contribution in [0.15, 0.2) is 0 Å². The topological polar surface area (TPSA) is 74.6 Å². The molecule has 0 rings (SSSR count). The zero-order valence-electron chi connectivity index (χ0n) is 20.6. The summed E-state index contributed by atoms with van der Waals surface area (Å²) in [7, 11) is 0. The Morgan fingerprint density at radius 3 is 1.20 bits per heavy atom. The second-order valence-corrected chi connectivity index (χ2v) is 8.83. The van der Waals surface area contributed by atoms with Gasteiger partial charge in [0, 0.05) is 6.42 Å². The van der Waals surface area contributed by atoms with E-state index in [1.807, 2.05) is 6.92 Å². The summed E-state index contributed by atoms with van der Waals surface area (Å²) in [6.45, 7) is 8.36. The summed E-state index contributed by atoms with van der Waals surface area (Å²) >= 11 is 0. The van der Waals surface area contributed by atoms with Crippen molar-refractivity contribution in [2.45, 2.75) is 150 Å². The minimum Gasteiger partial charge on any atom is -0.481 e. The normalized spacial score (nSPS) is 12.7. The Balaban J connectivity index is 0. The summed E-state index contributed by atoms with van der Waals surface area (Å²) in [4.78, 5) is 21.4. The van der Waals surface area contributed by atoms with Crippen molar-refractivity contribution in [1.82, 2.24) is 0 Å². The molecule has 0 aliphatic carbocycles. The van der Waals surface area contributed by atoms with Gasteiger partial charge in [0.2, 0.25) is 0 Å². The zero-order chi connectivity index (χ0) is 23.1. The van der Waals surface area contributed by atoms with Crippen molar-refractivity contribution in [1.29, 1.82) is 0 Å². The molecule has 0 aromatic heterocycles. The van der Waals surface area contributed by atoms with Gasteiger partial charge in [-0.15, -0.1) is 0 Å². The quantitative estimate of drug-likeness (QED) is 0.190. The van der Waals surface area contributed by atoms with E-state index in [9.17, 15) is 14.7 Å². The fraction of sp³-hybridized carbons (Fsp3) is 0.923. The van der Waals surface area contributed by atoms with Gasteiger partial charge in [0.05, 0.1) is 5.41 Å². The van der Waals surface area contributed by atoms with E-state index in [1.54, 1.807) is 0 Å². The molecule has 0 aliphatic rings. The van der Waals surface area contributed by atoms with E-state index >= 15 is 0 Å². The molecule has 0 aromatic rings. The number of carboxylic acid groups (broad SMARTS) is 2. The third kappa shape index (κ3) is 18.9. The van der Waals surface area contributed by atoms with Crippen LogP contribution in [0.1, 0.15) is 150 Å². The molecule has 4 nitrogen and oxygen atoms in total. The van der Waals surface area contributed by atoms with Crippen LogP contribution in [0.4, 0.5) is 0 Å². The van der Waals surface area contributed by atoms with E-state index < -0.39 is 17.4 Å². The SMILES string of the molecule is CCCC(=O)O.CCCCCCCCCCCCC(CC)(CCCCCC)C(=O)O. The molecule has 0 heterocycles. The van der Waals surface area contributed by atoms with Crippen molar-refractivity contribution in [3.05, 3.63) is 0 Å². The lowest BCUT2D eigenvalue weighted by molar-refractivity contribution is -0.150. The highest BCUT2D eigenvalue weighted by Gasteiger charge is 2.35. The van der Waals surface area contributed by atoms with Crippen molar-refractivity contribution in [3.8, 4) is 0 Å². The van der Waals surface area contributed by atoms with Crippen molar-refractivity contribution in [2.24, 2.45) is 5.41 Å². The molecule has 0 radical (unpaired) electrons. The average Bonchev–Trinajstić information content (AvgIpc) is 2.71. The average molecular weight is 429 g/mol. The predicted octanol–water partition coefficient (Wildman–Crippen LogP) is 8.62. The molecule has 1 atom stereocenters. The summed E-state index contributed by atoms with van der Waals surface area (Å²) in [5, 5.41) is 17.6. The van der Waals surface area contributed by atoms with Crippen LogP contribution >= 0.6 is 0 Å². The predicted molar refractivity (Wildman–Crippen MR) is 128 cm³/mol. The number of carboxylic acids is 2. The van der Waals surface area contributed by atoms with E-state index in [2.05, 4.69) is 20.8 Å². The van der Waals surface area contributed by atoms with Gasteiger partial charge in [-0.1, -0.05) is 118 Å². The third-order valence-electron chi connectivity index (χ3n) is 6.11. The number of hydrogen-bond donors (Lipinski definition) is 2. The first-order valence-corrected chi connectivity index (χ1v) is 12.8. The molecule has 2 N–H and O–H groups in total. The third-order valence-corrected chi connectivity index (χ3v) is 6.11. The lowest BCUT2D eigenvalue weighted by Gasteiger charge is -2.28. The molecule has 1 unspecified atom stereocenters. The molecular weight excluding hydrogens is 376 g/mol. The molecule has 0 amide bonds. The fourth-order valence-corrected chi connectivity index (χ4v) is 3.90. The zero-order valence-corrected chi connectivity index (χ0v) is 20.6. The molecule has 0 saturated carbocycles. The first kappa shape index (κ1) is 31.1. The number of aliphatic carboxylic acids is 2. The standard InChI is InChI=1S/C22H44O2.C4H8O2/c1-4-7-9-11-12-13-14-15-16-18-20-22(6-3,21(23)24)19-17-10-8-5-2;1-2-3-4(5)6/h4-20H2,1-3H3,(H,23,24);2-3H2,1H3,(H,5,6). The lowest BCUT2D eigenvalue weighted by atomic mass is 9.76. The van der Waals surface area contributed by atoms with Gasteiger partial charge >= 0.3 is 11.9 Å². The molecule has 0 fully saturated rings. The van der Waals surface area contributed by atoms with E-state index in [0.717, 1.165) is 38.5 Å². The number of unbranched alkanes of at least 4 members (excludes halogenated alkanes) is 12. The van der Waals surface area contributed by atoms with Gasteiger partial charge in [-0.3, -0.25) is 9.59 Å². The number of rotatable bonds is 20. The molecule has 0 bridgehead atoms. The van der Waals surface area contributed by atoms with Gasteiger partial charge in [-0.25, -0.2) is 0 Å². The smallest absolute Gasteiger partial charge is 0.309 e. The number of carbonyl (C=O) groups is 2. The van der Waals surface area contributed by atoms with Gasteiger partial charge in [0.15, 0.2) is 0 Å². The van der Waals surface area contributed by atoms with E-state index in [1.165, 1.54) is 77.0 Å². The summed E-state index contributed by atoms with van der Waals surface area (Å²) in [5.41, 5.74) is -0.451. The Morgan fingerprint density at radius 2 is 0.933 bits per heavy atom. The fourth-order valence-electron chi connectivity index (χ4n) is 3.90. The maximum Gasteiger partial charge on any atom is 0.309 e. The highest BCUT2D eigenvalue weighted by molar-refractivity contribution is 5.74. The van der Waals surface area contributed by atoms with Crippen molar-refractivity contribution >= 4 is 11.9 Å². The van der Waals surface area contributed by atoms with Crippen molar-refractivity contribution in [2.75, 3.05) is 0 Å². The van der Waals surface area contributed by atoms with E-state index in [4.69, 9.17) is 5.11 Å². The summed E-state index contributed by atoms with van der Waals surface area (Å²) in [5.74, 6) is -1.27. The van der Waals surface area contributed by atoms with Crippen LogP contribution in [0.2, 0.25) is 0 Å². The molecular formula is C26H52O4. The Hall–Kier alpha value is -1.06. The van der Waals surface area contributed by atoms with Crippen LogP contribution in [0, 0.1) is 5.41 Å². The van der Waals surface area contributed by atoms with Crippen molar-refractivity contribution < 1.29 is 19.8 Å². The maximum atomic E-state index is 11.8. The molecule has 0 spiro atoms. The largest absolute Gasteiger partial charge is 0.481 e. The maximum absolute atomic E-state index is 11.8. The van der Waals surface area contributed by atoms with Crippen molar-refractivity contribution in [3.63, 3.8) is 0 Å². The Morgan fingerprint density at radius 1 is 0.567 bits per heavy atom. The summed E-state index contributed by atoms with van der Waals surface area (Å²) in [6, 6.07) is 0. The molecule has 0 saturated heterocycles. The Bertz CT molecular complexity index is 394. The molecule has 4 heteroatoms. The summed E-state index contributed by atoms with van der Waals surface area (Å²) in [6.07, 6.45) is 21.4. The number of hydrogen-bond acceptors (Lipinski definition) is 2. The monoisotopic (exact) mass is 428 g/mol. The van der Waals surface area contributed by atoms with Crippen LogP contribution in [0.25, 0.3) is 0 Å². The Kier molecular flexibility index (Phi) is 23.5. The highest BCUT2D eigenvalue weighted by atomic mass is 16.4. The second kappa shape index (κ2) is 22.6. The first-order chi connectivity index (χ1) is 14.4. The minimum absolute atomic E-state index is 0.292. The van der Waals surface area contributed by atoms with E-state index in [-0.39, 0.29) is 0 Å². The molecule has 0 aromatic carbocycles. The van der Waals surface area contributed by atoms with Crippen LogP contribution < -0.4 is 0 Å². The first-order valence-electron chi connectivity index (χ1n) is 12.8.